The minimum Gasteiger partial charge on any atom is -0.331 e. The number of sulfonamides is 1. The average Bonchev–Trinajstić information content (AvgIpc) is 2.40. The first-order valence-corrected chi connectivity index (χ1v) is 8.31. The van der Waals surface area contributed by atoms with Crippen molar-refractivity contribution < 1.29 is 61.2 Å². The molecule has 16 heteroatoms. The highest BCUT2D eigenvalue weighted by Gasteiger charge is 2.89. The van der Waals surface area contributed by atoms with Crippen LogP contribution in [0.15, 0.2) is 0 Å². The molecule has 0 rings (SSSR count). The largest absolute Gasteiger partial charge is 0.460 e. The van der Waals surface area contributed by atoms with E-state index >= 15 is 0 Å². The predicted octanol–water partition coefficient (Wildman–Crippen LogP) is 3.06. The van der Waals surface area contributed by atoms with Crippen molar-refractivity contribution in [2.45, 2.75) is 35.6 Å². The van der Waals surface area contributed by atoms with Crippen molar-refractivity contribution in [2.24, 2.45) is 0 Å². The van der Waals surface area contributed by atoms with Gasteiger partial charge in [-0.25, -0.2) is 13.1 Å². The highest BCUT2D eigenvalue weighted by molar-refractivity contribution is 7.90. The van der Waals surface area contributed by atoms with E-state index in [1.54, 1.807) is 21.1 Å². The molecule has 0 atom stereocenters. The molecule has 0 aromatic heterocycles. The van der Waals surface area contributed by atoms with Crippen LogP contribution in [0.25, 0.3) is 0 Å². The number of rotatable bonds is 9. The van der Waals surface area contributed by atoms with Gasteiger partial charge in [-0.1, -0.05) is 0 Å². The summed E-state index contributed by atoms with van der Waals surface area (Å²) in [5.41, 5.74) is 0. The van der Waals surface area contributed by atoms with Crippen LogP contribution in [-0.2, 0) is 10.0 Å². The molecule has 0 fully saturated rings. The first-order valence-electron chi connectivity index (χ1n) is 6.83. The van der Waals surface area contributed by atoms with E-state index in [4.69, 9.17) is 0 Å². The molecular weight excluding hydrogens is 433 g/mol. The minimum absolute atomic E-state index is 0.0901. The molecule has 0 aliphatic carbocycles. The maximum atomic E-state index is 13.5. The number of quaternary nitrogens is 1. The lowest BCUT2D eigenvalue weighted by molar-refractivity contribution is -0.870. The van der Waals surface area contributed by atoms with Crippen molar-refractivity contribution in [2.75, 3.05) is 34.2 Å². The van der Waals surface area contributed by atoms with Crippen LogP contribution >= 0.6 is 0 Å². The standard InChI is InChI=1S/C11H16F11N2O2S/c1-24(2,3)6-4-5-23-27(25,26)11(21,22)9(16,17)7(12,13)8(14,15)10(18,19)20/h23H,4-6H2,1-3H3/q+1. The third-order valence-electron chi connectivity index (χ3n) is 3.15. The van der Waals surface area contributed by atoms with Crippen molar-refractivity contribution in [3.8, 4) is 0 Å². The third kappa shape index (κ3) is 4.75. The molecule has 0 saturated carbocycles. The van der Waals surface area contributed by atoms with E-state index in [0.29, 0.717) is 0 Å². The Hall–Kier alpha value is -0.900. The third-order valence-corrected chi connectivity index (χ3v) is 4.66. The first-order chi connectivity index (χ1) is 11.5. The van der Waals surface area contributed by atoms with E-state index in [1.807, 2.05) is 0 Å². The van der Waals surface area contributed by atoms with Gasteiger partial charge in [0.05, 0.1) is 27.7 Å². The Kier molecular flexibility index (Phi) is 6.93. The van der Waals surface area contributed by atoms with Crippen LogP contribution < -0.4 is 4.72 Å². The molecule has 0 aromatic rings. The van der Waals surface area contributed by atoms with Crippen molar-refractivity contribution in [3.63, 3.8) is 0 Å². The van der Waals surface area contributed by atoms with Gasteiger partial charge in [0, 0.05) is 13.0 Å². The Morgan fingerprint density at radius 3 is 1.48 bits per heavy atom. The molecule has 27 heavy (non-hydrogen) atoms. The van der Waals surface area contributed by atoms with Crippen molar-refractivity contribution in [3.05, 3.63) is 0 Å². The van der Waals surface area contributed by atoms with Gasteiger partial charge in [-0.05, 0) is 0 Å². The molecule has 0 aliphatic rings. The van der Waals surface area contributed by atoms with Gasteiger partial charge in [-0.2, -0.15) is 48.3 Å². The summed E-state index contributed by atoms with van der Waals surface area (Å²) in [5, 5.41) is -6.98. The van der Waals surface area contributed by atoms with Gasteiger partial charge in [0.25, 0.3) is 10.0 Å². The van der Waals surface area contributed by atoms with Crippen molar-refractivity contribution in [1.82, 2.24) is 4.72 Å². The number of hydrogen-bond donors (Lipinski definition) is 1. The topological polar surface area (TPSA) is 46.2 Å². The quantitative estimate of drug-likeness (QED) is 0.334. The van der Waals surface area contributed by atoms with Crippen LogP contribution in [0, 0.1) is 0 Å². The molecule has 164 valence electrons. The molecule has 0 heterocycles. The SMILES string of the molecule is C[N+](C)(C)CCCNS(=O)(=O)C(F)(F)C(F)(F)C(F)(F)C(F)(F)C(F)(F)F. The van der Waals surface area contributed by atoms with Crippen LogP contribution in [0.4, 0.5) is 48.3 Å². The lowest BCUT2D eigenvalue weighted by Crippen LogP contribution is -2.69. The smallest absolute Gasteiger partial charge is 0.331 e. The zero-order valence-corrected chi connectivity index (χ0v) is 14.8. The monoisotopic (exact) mass is 449 g/mol. The van der Waals surface area contributed by atoms with Gasteiger partial charge in [-0.3, -0.25) is 0 Å². The molecule has 1 N–H and O–H groups in total. The second-order valence-electron chi connectivity index (χ2n) is 6.50. The summed E-state index contributed by atoms with van der Waals surface area (Å²) >= 11 is 0. The van der Waals surface area contributed by atoms with E-state index in [2.05, 4.69) is 0 Å². The summed E-state index contributed by atoms with van der Waals surface area (Å²) in [6, 6.07) is 0. The second kappa shape index (κ2) is 7.17. The van der Waals surface area contributed by atoms with Gasteiger partial charge in [0.1, 0.15) is 0 Å². The summed E-state index contributed by atoms with van der Waals surface area (Å²) in [4.78, 5) is 0. The molecule has 0 amide bonds. The summed E-state index contributed by atoms with van der Waals surface area (Å²) in [6.07, 6.45) is -7.61. The Morgan fingerprint density at radius 1 is 0.741 bits per heavy atom. The minimum atomic E-state index is -7.77. The average molecular weight is 449 g/mol. The molecule has 0 radical (unpaired) electrons. The molecule has 0 aliphatic heterocycles. The molecule has 0 unspecified atom stereocenters. The van der Waals surface area contributed by atoms with Crippen molar-refractivity contribution in [1.29, 1.82) is 0 Å². The number of alkyl halides is 11. The van der Waals surface area contributed by atoms with E-state index in [-0.39, 0.29) is 17.4 Å². The maximum Gasteiger partial charge on any atom is 0.460 e. The number of hydrogen-bond acceptors (Lipinski definition) is 2. The van der Waals surface area contributed by atoms with Gasteiger partial charge >= 0.3 is 29.2 Å². The maximum absolute atomic E-state index is 13.5. The Morgan fingerprint density at radius 2 is 1.15 bits per heavy atom. The molecule has 0 saturated heterocycles. The Bertz CT molecular complexity index is 623. The summed E-state index contributed by atoms with van der Waals surface area (Å²) in [7, 11) is -2.05. The van der Waals surface area contributed by atoms with E-state index in [1.165, 1.54) is 0 Å². The van der Waals surface area contributed by atoms with Crippen molar-refractivity contribution >= 4 is 10.0 Å². The van der Waals surface area contributed by atoms with E-state index in [9.17, 15) is 56.7 Å². The zero-order chi connectivity index (χ0) is 22.3. The number of nitrogens with zero attached hydrogens (tertiary/aromatic N) is 1. The zero-order valence-electron chi connectivity index (χ0n) is 14.0. The van der Waals surface area contributed by atoms with Crippen LogP contribution in [0.2, 0.25) is 0 Å². The van der Waals surface area contributed by atoms with Crippen LogP contribution in [-0.4, -0.2) is 76.3 Å². The normalized spacial score (nSPS) is 15.9. The molecular formula is C11H16F11N2O2S+. The predicted molar refractivity (Wildman–Crippen MR) is 70.3 cm³/mol. The second-order valence-corrected chi connectivity index (χ2v) is 8.31. The summed E-state index contributed by atoms with van der Waals surface area (Å²) in [6.45, 7) is -0.891. The Balaban J connectivity index is 5.76. The summed E-state index contributed by atoms with van der Waals surface area (Å²) < 4.78 is 164. The molecule has 0 aromatic carbocycles. The van der Waals surface area contributed by atoms with Gasteiger partial charge < -0.3 is 4.48 Å². The van der Waals surface area contributed by atoms with Crippen LogP contribution in [0.3, 0.4) is 0 Å². The van der Waals surface area contributed by atoms with Gasteiger partial charge in [0.2, 0.25) is 0 Å². The van der Waals surface area contributed by atoms with E-state index < -0.39 is 45.8 Å². The first kappa shape index (κ1) is 26.1. The van der Waals surface area contributed by atoms with Crippen LogP contribution in [0.1, 0.15) is 6.42 Å². The number of halogens is 11. The molecule has 0 spiro atoms. The highest BCUT2D eigenvalue weighted by Crippen LogP contribution is 2.58. The lowest BCUT2D eigenvalue weighted by atomic mass is 10.0. The fourth-order valence-corrected chi connectivity index (χ4v) is 2.64. The number of nitrogens with one attached hydrogen (secondary N) is 1. The van der Waals surface area contributed by atoms with Gasteiger partial charge in [0.15, 0.2) is 0 Å². The molecule has 4 nitrogen and oxygen atoms in total. The highest BCUT2D eigenvalue weighted by atomic mass is 32.2. The molecule has 0 bridgehead atoms. The van der Waals surface area contributed by atoms with Gasteiger partial charge in [-0.15, -0.1) is 0 Å². The summed E-state index contributed by atoms with van der Waals surface area (Å²) in [5.74, 6) is -23.0. The Labute approximate surface area is 146 Å². The van der Waals surface area contributed by atoms with Crippen LogP contribution in [0.5, 0.6) is 0 Å². The van der Waals surface area contributed by atoms with E-state index in [0.717, 1.165) is 4.72 Å². The lowest BCUT2D eigenvalue weighted by Gasteiger charge is -2.36. The fraction of sp³-hybridized carbons (Fsp3) is 1.00. The fourth-order valence-electron chi connectivity index (χ4n) is 1.58.